The standard InChI is InChI=1S/C22H26N4O3/c1-15(23)11-19(27)12-21(28)26-10-2-3-20(26)22(29)25-13-16-4-6-17(7-5-16)18-8-9-24-14-18/h4-9,11,14,20,24H,2-3,10,12-13,23H2,1H3,(H,25,29)/t20-/m0/s1. The summed E-state index contributed by atoms with van der Waals surface area (Å²) in [5.74, 6) is -0.867. The molecule has 0 saturated carbocycles. The number of H-pyrrole nitrogens is 1. The topological polar surface area (TPSA) is 108 Å². The fourth-order valence-corrected chi connectivity index (χ4v) is 3.52. The molecule has 0 bridgehead atoms. The van der Waals surface area contributed by atoms with Gasteiger partial charge >= 0.3 is 0 Å². The van der Waals surface area contributed by atoms with E-state index in [0.717, 1.165) is 23.1 Å². The number of amides is 2. The molecule has 0 spiro atoms. The molecule has 0 aliphatic carbocycles. The number of benzene rings is 1. The summed E-state index contributed by atoms with van der Waals surface area (Å²) >= 11 is 0. The molecule has 0 radical (unpaired) electrons. The number of rotatable bonds is 7. The van der Waals surface area contributed by atoms with Gasteiger partial charge in [-0.3, -0.25) is 14.4 Å². The van der Waals surface area contributed by atoms with E-state index >= 15 is 0 Å². The van der Waals surface area contributed by atoms with Crippen molar-refractivity contribution in [2.24, 2.45) is 5.73 Å². The van der Waals surface area contributed by atoms with Gasteiger partial charge in [-0.15, -0.1) is 0 Å². The summed E-state index contributed by atoms with van der Waals surface area (Å²) in [6, 6.07) is 9.43. The highest BCUT2D eigenvalue weighted by Gasteiger charge is 2.34. The minimum atomic E-state index is -0.530. The lowest BCUT2D eigenvalue weighted by Crippen LogP contribution is -2.46. The van der Waals surface area contributed by atoms with Crippen LogP contribution in [-0.4, -0.2) is 40.1 Å². The van der Waals surface area contributed by atoms with E-state index in [1.165, 1.54) is 11.0 Å². The van der Waals surface area contributed by atoms with Crippen LogP contribution in [0.5, 0.6) is 0 Å². The van der Waals surface area contributed by atoms with E-state index < -0.39 is 6.04 Å². The maximum absolute atomic E-state index is 12.6. The number of likely N-dealkylation sites (tertiary alicyclic amines) is 1. The number of ketones is 1. The van der Waals surface area contributed by atoms with Gasteiger partial charge in [0.15, 0.2) is 5.78 Å². The van der Waals surface area contributed by atoms with Crippen molar-refractivity contribution in [3.63, 3.8) is 0 Å². The van der Waals surface area contributed by atoms with Crippen LogP contribution in [0.3, 0.4) is 0 Å². The zero-order valence-corrected chi connectivity index (χ0v) is 16.5. The Morgan fingerprint density at radius 2 is 1.97 bits per heavy atom. The van der Waals surface area contributed by atoms with Gasteiger partial charge in [0.25, 0.3) is 0 Å². The lowest BCUT2D eigenvalue weighted by Gasteiger charge is -2.23. The van der Waals surface area contributed by atoms with Gasteiger partial charge in [0.2, 0.25) is 11.8 Å². The van der Waals surface area contributed by atoms with Crippen LogP contribution in [-0.2, 0) is 20.9 Å². The van der Waals surface area contributed by atoms with Crippen LogP contribution in [0.2, 0.25) is 0 Å². The SMILES string of the molecule is CC(N)=CC(=O)CC(=O)N1CCC[C@H]1C(=O)NCc1ccc(-c2cc[nH]c2)cc1. The van der Waals surface area contributed by atoms with E-state index in [9.17, 15) is 14.4 Å². The predicted octanol–water partition coefficient (Wildman–Crippen LogP) is 2.11. The largest absolute Gasteiger partial charge is 0.402 e. The first-order valence-electron chi connectivity index (χ1n) is 9.70. The van der Waals surface area contributed by atoms with Crippen molar-refractivity contribution in [2.45, 2.75) is 38.8 Å². The minimum Gasteiger partial charge on any atom is -0.402 e. The van der Waals surface area contributed by atoms with E-state index in [4.69, 9.17) is 5.73 Å². The molecule has 4 N–H and O–H groups in total. The number of aromatic nitrogens is 1. The van der Waals surface area contributed by atoms with Crippen molar-refractivity contribution in [3.05, 3.63) is 60.1 Å². The fourth-order valence-electron chi connectivity index (χ4n) is 3.52. The highest BCUT2D eigenvalue weighted by atomic mass is 16.2. The molecule has 2 heterocycles. The number of carbonyl (C=O) groups excluding carboxylic acids is 3. The molecule has 2 aromatic rings. The third-order valence-corrected chi connectivity index (χ3v) is 4.94. The van der Waals surface area contributed by atoms with Gasteiger partial charge in [-0.25, -0.2) is 0 Å². The van der Waals surface area contributed by atoms with Gasteiger partial charge in [-0.2, -0.15) is 0 Å². The van der Waals surface area contributed by atoms with Crippen LogP contribution in [0.25, 0.3) is 11.1 Å². The van der Waals surface area contributed by atoms with Crippen molar-refractivity contribution < 1.29 is 14.4 Å². The predicted molar refractivity (Wildman–Crippen MR) is 110 cm³/mol. The Morgan fingerprint density at radius 1 is 1.21 bits per heavy atom. The normalized spacial score (nSPS) is 16.7. The van der Waals surface area contributed by atoms with E-state index in [2.05, 4.69) is 10.3 Å². The molecular weight excluding hydrogens is 368 g/mol. The minimum absolute atomic E-state index is 0.191. The molecular formula is C22H26N4O3. The Hall–Kier alpha value is -3.35. The highest BCUT2D eigenvalue weighted by molar-refractivity contribution is 6.05. The maximum Gasteiger partial charge on any atom is 0.243 e. The average Bonchev–Trinajstić information content (AvgIpc) is 3.37. The molecule has 0 unspecified atom stereocenters. The molecule has 7 heteroatoms. The Bertz CT molecular complexity index is 897. The van der Waals surface area contributed by atoms with Gasteiger partial charge in [0.1, 0.15) is 6.04 Å². The van der Waals surface area contributed by atoms with Crippen molar-refractivity contribution in [1.82, 2.24) is 15.2 Å². The van der Waals surface area contributed by atoms with E-state index in [1.807, 2.05) is 42.7 Å². The number of nitrogens with zero attached hydrogens (tertiary/aromatic N) is 1. The third kappa shape index (κ3) is 5.34. The van der Waals surface area contributed by atoms with Gasteiger partial charge in [0.05, 0.1) is 6.42 Å². The van der Waals surface area contributed by atoms with E-state index in [1.54, 1.807) is 6.92 Å². The molecule has 3 rings (SSSR count). The van der Waals surface area contributed by atoms with Crippen LogP contribution in [0, 0.1) is 0 Å². The number of aromatic amines is 1. The first-order valence-corrected chi connectivity index (χ1v) is 9.70. The lowest BCUT2D eigenvalue weighted by atomic mass is 10.1. The maximum atomic E-state index is 12.6. The molecule has 1 aromatic heterocycles. The number of nitrogens with two attached hydrogens (primary N) is 1. The summed E-state index contributed by atoms with van der Waals surface area (Å²) < 4.78 is 0. The third-order valence-electron chi connectivity index (χ3n) is 4.94. The summed E-state index contributed by atoms with van der Waals surface area (Å²) in [6.07, 6.45) is 6.13. The zero-order chi connectivity index (χ0) is 20.8. The highest BCUT2D eigenvalue weighted by Crippen LogP contribution is 2.20. The first-order chi connectivity index (χ1) is 13.9. The van der Waals surface area contributed by atoms with Crippen LogP contribution < -0.4 is 11.1 Å². The monoisotopic (exact) mass is 394 g/mol. The Balaban J connectivity index is 1.54. The Morgan fingerprint density at radius 3 is 2.62 bits per heavy atom. The average molecular weight is 394 g/mol. The quantitative estimate of drug-likeness (QED) is 0.494. The van der Waals surface area contributed by atoms with Crippen LogP contribution in [0.4, 0.5) is 0 Å². The number of carbonyl (C=O) groups is 3. The van der Waals surface area contributed by atoms with E-state index in [-0.39, 0.29) is 24.0 Å². The second-order valence-electron chi connectivity index (χ2n) is 7.29. The number of hydrogen-bond donors (Lipinski definition) is 3. The van der Waals surface area contributed by atoms with Crippen molar-refractivity contribution in [1.29, 1.82) is 0 Å². The summed E-state index contributed by atoms with van der Waals surface area (Å²) in [6.45, 7) is 2.47. The Labute approximate surface area is 170 Å². The first kappa shape index (κ1) is 20.4. The van der Waals surface area contributed by atoms with Crippen molar-refractivity contribution in [2.75, 3.05) is 6.54 Å². The van der Waals surface area contributed by atoms with Crippen LogP contribution in [0.15, 0.2) is 54.5 Å². The summed E-state index contributed by atoms with van der Waals surface area (Å²) in [5.41, 5.74) is 9.02. The van der Waals surface area contributed by atoms with Gasteiger partial charge in [0, 0.05) is 37.3 Å². The number of hydrogen-bond acceptors (Lipinski definition) is 4. The molecule has 152 valence electrons. The number of allylic oxidation sites excluding steroid dienone is 2. The van der Waals surface area contributed by atoms with Crippen molar-refractivity contribution in [3.8, 4) is 11.1 Å². The second kappa shape index (κ2) is 9.23. The molecule has 1 aliphatic rings. The summed E-state index contributed by atoms with van der Waals surface area (Å²) in [5, 5.41) is 2.91. The Kier molecular flexibility index (Phi) is 6.49. The zero-order valence-electron chi connectivity index (χ0n) is 16.5. The summed E-state index contributed by atoms with van der Waals surface area (Å²) in [7, 11) is 0. The second-order valence-corrected chi connectivity index (χ2v) is 7.29. The van der Waals surface area contributed by atoms with E-state index in [0.29, 0.717) is 25.2 Å². The van der Waals surface area contributed by atoms with Gasteiger partial charge in [-0.05, 0) is 42.5 Å². The molecule has 1 aromatic carbocycles. The molecule has 1 aliphatic heterocycles. The molecule has 1 fully saturated rings. The summed E-state index contributed by atoms with van der Waals surface area (Å²) in [4.78, 5) is 41.4. The molecule has 29 heavy (non-hydrogen) atoms. The molecule has 1 atom stereocenters. The van der Waals surface area contributed by atoms with Crippen molar-refractivity contribution >= 4 is 17.6 Å². The smallest absolute Gasteiger partial charge is 0.243 e. The van der Waals surface area contributed by atoms with Gasteiger partial charge < -0.3 is 20.9 Å². The van der Waals surface area contributed by atoms with Crippen LogP contribution in [0.1, 0.15) is 31.7 Å². The lowest BCUT2D eigenvalue weighted by molar-refractivity contribution is -0.140. The molecule has 2 amide bonds. The fraction of sp³-hybridized carbons (Fsp3) is 0.318. The molecule has 1 saturated heterocycles. The number of nitrogens with one attached hydrogen (secondary N) is 2. The molecule has 7 nitrogen and oxygen atoms in total. The van der Waals surface area contributed by atoms with Crippen LogP contribution >= 0.6 is 0 Å². The van der Waals surface area contributed by atoms with Gasteiger partial charge in [-0.1, -0.05) is 24.3 Å².